The molecule has 0 atom stereocenters. The Kier molecular flexibility index (Phi) is 13.2. The van der Waals surface area contributed by atoms with Crippen molar-refractivity contribution in [2.24, 2.45) is 11.8 Å². The highest BCUT2D eigenvalue weighted by molar-refractivity contribution is 4.69. The third-order valence-corrected chi connectivity index (χ3v) is 2.34. The summed E-state index contributed by atoms with van der Waals surface area (Å²) in [5.74, 6) is 2.01. The Bertz CT molecular complexity index is 63.4. The molecule has 0 aromatic rings. The van der Waals surface area contributed by atoms with Crippen LogP contribution in [0.4, 0.5) is 0 Å². The first kappa shape index (κ1) is 14.5. The van der Waals surface area contributed by atoms with Gasteiger partial charge in [0.15, 0.2) is 0 Å². The molecule has 0 amide bonds. The number of aliphatic hydroxyl groups is 1. The second kappa shape index (κ2) is 11.0. The lowest BCUT2D eigenvalue weighted by Crippen LogP contribution is -2.01. The topological polar surface area (TPSA) is 20.2 Å². The quantitative estimate of drug-likeness (QED) is 0.645. The fourth-order valence-electron chi connectivity index (χ4n) is 1.62. The summed E-state index contributed by atoms with van der Waals surface area (Å²) < 4.78 is 0. The minimum absolute atomic E-state index is 0.942. The standard InChI is InChI=1S/C8H16.C2H6.CH4O/c1-7(2)8-5-3-4-6-8;2*1-2/h7-8H,3-6H2,1-2H3;1-2H3;2H,1H3. The normalized spacial score (nSPS) is 16.2. The Labute approximate surface area is 78.2 Å². The van der Waals surface area contributed by atoms with E-state index in [0.29, 0.717) is 0 Å². The van der Waals surface area contributed by atoms with Gasteiger partial charge in [0.05, 0.1) is 0 Å². The minimum atomic E-state index is 0.942. The molecule has 1 N–H and O–H groups in total. The van der Waals surface area contributed by atoms with E-state index >= 15 is 0 Å². The third-order valence-electron chi connectivity index (χ3n) is 2.34. The van der Waals surface area contributed by atoms with Crippen LogP contribution in [0, 0.1) is 11.8 Å². The molecule has 76 valence electrons. The molecule has 0 aromatic heterocycles. The summed E-state index contributed by atoms with van der Waals surface area (Å²) in [5.41, 5.74) is 0. The van der Waals surface area contributed by atoms with Gasteiger partial charge in [0, 0.05) is 7.11 Å². The first-order valence-electron chi connectivity index (χ1n) is 5.25. The van der Waals surface area contributed by atoms with Crippen LogP contribution in [0.3, 0.4) is 0 Å². The van der Waals surface area contributed by atoms with Crippen LogP contribution in [-0.2, 0) is 0 Å². The van der Waals surface area contributed by atoms with Gasteiger partial charge in [-0.05, 0) is 11.8 Å². The minimum Gasteiger partial charge on any atom is -0.400 e. The molecule has 1 aliphatic rings. The zero-order valence-corrected chi connectivity index (χ0v) is 9.43. The maximum Gasteiger partial charge on any atom is 0.0319 e. The van der Waals surface area contributed by atoms with Gasteiger partial charge in [0.25, 0.3) is 0 Å². The molecule has 1 rings (SSSR count). The SMILES string of the molecule is CC.CC(C)C1CCCC1.CO. The molecule has 0 aliphatic heterocycles. The van der Waals surface area contributed by atoms with Crippen LogP contribution in [0.15, 0.2) is 0 Å². The predicted molar refractivity (Wildman–Crippen MR) is 56.3 cm³/mol. The predicted octanol–water partition coefficient (Wildman–Crippen LogP) is 3.47. The van der Waals surface area contributed by atoms with Crippen molar-refractivity contribution in [1.82, 2.24) is 0 Å². The van der Waals surface area contributed by atoms with Crippen molar-refractivity contribution in [1.29, 1.82) is 0 Å². The van der Waals surface area contributed by atoms with E-state index in [1.165, 1.54) is 25.7 Å². The smallest absolute Gasteiger partial charge is 0.0319 e. The number of hydrogen-bond acceptors (Lipinski definition) is 1. The fourth-order valence-corrected chi connectivity index (χ4v) is 1.62. The van der Waals surface area contributed by atoms with Gasteiger partial charge in [-0.25, -0.2) is 0 Å². The van der Waals surface area contributed by atoms with Crippen LogP contribution in [0.5, 0.6) is 0 Å². The maximum atomic E-state index is 7.00. The van der Waals surface area contributed by atoms with Crippen molar-refractivity contribution in [3.63, 3.8) is 0 Å². The van der Waals surface area contributed by atoms with Crippen molar-refractivity contribution in [2.75, 3.05) is 7.11 Å². The van der Waals surface area contributed by atoms with Gasteiger partial charge in [0.1, 0.15) is 0 Å². The molecule has 1 heteroatoms. The van der Waals surface area contributed by atoms with Gasteiger partial charge >= 0.3 is 0 Å². The lowest BCUT2D eigenvalue weighted by molar-refractivity contribution is 0.396. The summed E-state index contributed by atoms with van der Waals surface area (Å²) in [5, 5.41) is 7.00. The molecule has 0 heterocycles. The van der Waals surface area contributed by atoms with E-state index in [2.05, 4.69) is 13.8 Å². The van der Waals surface area contributed by atoms with Gasteiger partial charge in [-0.2, -0.15) is 0 Å². The van der Waals surface area contributed by atoms with Crippen molar-refractivity contribution >= 4 is 0 Å². The fraction of sp³-hybridized carbons (Fsp3) is 1.00. The molecular formula is C11H26O. The summed E-state index contributed by atoms with van der Waals surface area (Å²) in [7, 11) is 1.00. The van der Waals surface area contributed by atoms with Crippen molar-refractivity contribution in [3.05, 3.63) is 0 Å². The van der Waals surface area contributed by atoms with Crippen LogP contribution in [0.1, 0.15) is 53.4 Å². The van der Waals surface area contributed by atoms with E-state index in [1.807, 2.05) is 13.8 Å². The van der Waals surface area contributed by atoms with Crippen molar-refractivity contribution in [3.8, 4) is 0 Å². The Morgan fingerprint density at radius 3 is 1.50 bits per heavy atom. The maximum absolute atomic E-state index is 7.00. The van der Waals surface area contributed by atoms with E-state index in [1.54, 1.807) is 0 Å². The van der Waals surface area contributed by atoms with Gasteiger partial charge < -0.3 is 5.11 Å². The summed E-state index contributed by atoms with van der Waals surface area (Å²) in [6.45, 7) is 8.69. The van der Waals surface area contributed by atoms with Gasteiger partial charge in [-0.1, -0.05) is 53.4 Å². The van der Waals surface area contributed by atoms with Crippen LogP contribution in [-0.4, -0.2) is 12.2 Å². The Hall–Kier alpha value is -0.0400. The van der Waals surface area contributed by atoms with Crippen LogP contribution in [0.25, 0.3) is 0 Å². The van der Waals surface area contributed by atoms with Crippen LogP contribution >= 0.6 is 0 Å². The summed E-state index contributed by atoms with van der Waals surface area (Å²) >= 11 is 0. The van der Waals surface area contributed by atoms with Crippen molar-refractivity contribution < 1.29 is 5.11 Å². The largest absolute Gasteiger partial charge is 0.400 e. The Morgan fingerprint density at radius 2 is 1.33 bits per heavy atom. The lowest BCUT2D eigenvalue weighted by atomic mass is 9.95. The van der Waals surface area contributed by atoms with E-state index in [4.69, 9.17) is 5.11 Å². The first-order valence-corrected chi connectivity index (χ1v) is 5.25. The zero-order chi connectivity index (χ0) is 9.98. The molecule has 0 saturated heterocycles. The molecule has 0 unspecified atom stereocenters. The monoisotopic (exact) mass is 174 g/mol. The second-order valence-corrected chi connectivity index (χ2v) is 3.29. The lowest BCUT2D eigenvalue weighted by Gasteiger charge is -2.11. The van der Waals surface area contributed by atoms with E-state index in [-0.39, 0.29) is 0 Å². The average Bonchev–Trinajstić information content (AvgIpc) is 2.64. The Morgan fingerprint density at radius 1 is 1.00 bits per heavy atom. The number of hydrogen-bond donors (Lipinski definition) is 1. The Balaban J connectivity index is 0. The molecule has 1 saturated carbocycles. The number of aliphatic hydroxyl groups excluding tert-OH is 1. The zero-order valence-electron chi connectivity index (χ0n) is 9.43. The molecule has 12 heavy (non-hydrogen) atoms. The van der Waals surface area contributed by atoms with Gasteiger partial charge in [-0.3, -0.25) is 0 Å². The van der Waals surface area contributed by atoms with Crippen LogP contribution in [0.2, 0.25) is 0 Å². The second-order valence-electron chi connectivity index (χ2n) is 3.29. The average molecular weight is 174 g/mol. The highest BCUT2D eigenvalue weighted by atomic mass is 16.2. The molecule has 0 radical (unpaired) electrons. The molecule has 1 aliphatic carbocycles. The molecule has 0 aromatic carbocycles. The summed E-state index contributed by atoms with van der Waals surface area (Å²) in [6.07, 6.45) is 5.97. The number of rotatable bonds is 1. The van der Waals surface area contributed by atoms with Gasteiger partial charge in [-0.15, -0.1) is 0 Å². The van der Waals surface area contributed by atoms with Gasteiger partial charge in [0.2, 0.25) is 0 Å². The first-order chi connectivity index (χ1) is 5.80. The van der Waals surface area contributed by atoms with Crippen molar-refractivity contribution in [2.45, 2.75) is 53.4 Å². The third kappa shape index (κ3) is 6.66. The molecule has 0 spiro atoms. The molecule has 0 bridgehead atoms. The van der Waals surface area contributed by atoms with E-state index in [0.717, 1.165) is 18.9 Å². The molecule has 1 fully saturated rings. The highest BCUT2D eigenvalue weighted by Gasteiger charge is 2.17. The van der Waals surface area contributed by atoms with E-state index in [9.17, 15) is 0 Å². The van der Waals surface area contributed by atoms with Crippen LogP contribution < -0.4 is 0 Å². The molecular weight excluding hydrogens is 148 g/mol. The summed E-state index contributed by atoms with van der Waals surface area (Å²) in [4.78, 5) is 0. The molecule has 1 nitrogen and oxygen atoms in total. The highest BCUT2D eigenvalue weighted by Crippen LogP contribution is 2.30. The van der Waals surface area contributed by atoms with E-state index < -0.39 is 0 Å². The summed E-state index contributed by atoms with van der Waals surface area (Å²) in [6, 6.07) is 0.